The van der Waals surface area contributed by atoms with E-state index in [9.17, 15) is 4.79 Å². The van der Waals surface area contributed by atoms with Gasteiger partial charge in [-0.2, -0.15) is 0 Å². The lowest BCUT2D eigenvalue weighted by Crippen LogP contribution is -2.27. The molecule has 128 valence electrons. The highest BCUT2D eigenvalue weighted by atomic mass is 35.5. The standard InChI is InChI=1S/C18H23ClN4O/c1-23(2)11-3-10-20-18(24)17-9-8-16(13-22-17)21-12-14-4-6-15(19)7-5-14/h4-9,13,21H,3,10-12H2,1-2H3,(H,20,24). The van der Waals surface area contributed by atoms with E-state index in [1.807, 2.05) is 44.4 Å². The van der Waals surface area contributed by atoms with Gasteiger partial charge in [0.15, 0.2) is 0 Å². The van der Waals surface area contributed by atoms with Crippen molar-refractivity contribution in [2.45, 2.75) is 13.0 Å². The first-order valence-corrected chi connectivity index (χ1v) is 8.29. The van der Waals surface area contributed by atoms with E-state index in [0.717, 1.165) is 29.2 Å². The van der Waals surface area contributed by atoms with Crippen LogP contribution < -0.4 is 10.6 Å². The van der Waals surface area contributed by atoms with Gasteiger partial charge in [-0.05, 0) is 56.9 Å². The maximum absolute atomic E-state index is 12.0. The topological polar surface area (TPSA) is 57.3 Å². The Morgan fingerprint density at radius 2 is 1.92 bits per heavy atom. The summed E-state index contributed by atoms with van der Waals surface area (Å²) in [5.41, 5.74) is 2.42. The van der Waals surface area contributed by atoms with Crippen molar-refractivity contribution in [2.75, 3.05) is 32.5 Å². The lowest BCUT2D eigenvalue weighted by Gasteiger charge is -2.10. The number of amides is 1. The van der Waals surface area contributed by atoms with Crippen LogP contribution in [0.15, 0.2) is 42.6 Å². The van der Waals surface area contributed by atoms with Crippen molar-refractivity contribution in [1.82, 2.24) is 15.2 Å². The number of benzene rings is 1. The lowest BCUT2D eigenvalue weighted by molar-refractivity contribution is 0.0947. The number of anilines is 1. The quantitative estimate of drug-likeness (QED) is 0.721. The van der Waals surface area contributed by atoms with Crippen LogP contribution in [0.1, 0.15) is 22.5 Å². The molecular weight excluding hydrogens is 324 g/mol. The predicted molar refractivity (Wildman–Crippen MR) is 98.5 cm³/mol. The number of rotatable bonds is 8. The Morgan fingerprint density at radius 3 is 2.54 bits per heavy atom. The summed E-state index contributed by atoms with van der Waals surface area (Å²) in [5.74, 6) is -0.141. The van der Waals surface area contributed by atoms with Gasteiger partial charge >= 0.3 is 0 Å². The number of carbonyl (C=O) groups excluding carboxylic acids is 1. The van der Waals surface area contributed by atoms with Crippen molar-refractivity contribution in [1.29, 1.82) is 0 Å². The minimum Gasteiger partial charge on any atom is -0.380 e. The van der Waals surface area contributed by atoms with Gasteiger partial charge in [0, 0.05) is 18.1 Å². The van der Waals surface area contributed by atoms with E-state index in [1.54, 1.807) is 12.3 Å². The molecule has 0 aliphatic carbocycles. The largest absolute Gasteiger partial charge is 0.380 e. The minimum absolute atomic E-state index is 0.141. The summed E-state index contributed by atoms with van der Waals surface area (Å²) in [4.78, 5) is 18.3. The van der Waals surface area contributed by atoms with Crippen molar-refractivity contribution in [3.05, 3.63) is 58.9 Å². The number of pyridine rings is 1. The molecule has 0 bridgehead atoms. The molecule has 2 aromatic rings. The van der Waals surface area contributed by atoms with Crippen molar-refractivity contribution < 1.29 is 4.79 Å². The van der Waals surface area contributed by atoms with Gasteiger partial charge in [-0.1, -0.05) is 23.7 Å². The third kappa shape index (κ3) is 6.18. The van der Waals surface area contributed by atoms with Crippen LogP contribution >= 0.6 is 11.6 Å². The summed E-state index contributed by atoms with van der Waals surface area (Å²) in [5, 5.41) is 6.87. The fourth-order valence-corrected chi connectivity index (χ4v) is 2.25. The van der Waals surface area contributed by atoms with Gasteiger partial charge in [0.2, 0.25) is 0 Å². The molecule has 0 unspecified atom stereocenters. The number of aromatic nitrogens is 1. The van der Waals surface area contributed by atoms with E-state index < -0.39 is 0 Å². The summed E-state index contributed by atoms with van der Waals surface area (Å²) < 4.78 is 0. The smallest absolute Gasteiger partial charge is 0.269 e. The molecule has 0 saturated carbocycles. The molecule has 1 aromatic heterocycles. The Hall–Kier alpha value is -2.11. The van der Waals surface area contributed by atoms with Crippen LogP contribution in [-0.4, -0.2) is 43.0 Å². The molecule has 5 nitrogen and oxygen atoms in total. The fraction of sp³-hybridized carbons (Fsp3) is 0.333. The van der Waals surface area contributed by atoms with Crippen molar-refractivity contribution in [3.63, 3.8) is 0 Å². The Morgan fingerprint density at radius 1 is 1.17 bits per heavy atom. The Balaban J connectivity index is 1.79. The Kier molecular flexibility index (Phi) is 7.03. The third-order valence-electron chi connectivity index (χ3n) is 3.47. The number of carbonyl (C=O) groups is 1. The number of hydrogen-bond donors (Lipinski definition) is 2. The molecule has 2 N–H and O–H groups in total. The number of nitrogens with zero attached hydrogens (tertiary/aromatic N) is 2. The van der Waals surface area contributed by atoms with Gasteiger partial charge in [0.1, 0.15) is 5.69 Å². The van der Waals surface area contributed by atoms with Gasteiger partial charge in [-0.15, -0.1) is 0 Å². The molecule has 0 aliphatic rings. The van der Waals surface area contributed by atoms with Crippen LogP contribution in [0.3, 0.4) is 0 Å². The van der Waals surface area contributed by atoms with Crippen LogP contribution in [0.4, 0.5) is 5.69 Å². The Bertz CT molecular complexity index is 641. The van der Waals surface area contributed by atoms with Gasteiger partial charge in [-0.3, -0.25) is 4.79 Å². The predicted octanol–water partition coefficient (Wildman–Crippen LogP) is 3.03. The molecule has 2 rings (SSSR count). The zero-order chi connectivity index (χ0) is 17.4. The molecule has 6 heteroatoms. The summed E-state index contributed by atoms with van der Waals surface area (Å²) >= 11 is 5.87. The zero-order valence-electron chi connectivity index (χ0n) is 14.1. The average molecular weight is 347 g/mol. The summed E-state index contributed by atoms with van der Waals surface area (Å²) in [7, 11) is 4.03. The number of halogens is 1. The fourth-order valence-electron chi connectivity index (χ4n) is 2.13. The highest BCUT2D eigenvalue weighted by molar-refractivity contribution is 6.30. The van der Waals surface area contributed by atoms with Gasteiger partial charge < -0.3 is 15.5 Å². The molecule has 0 atom stereocenters. The monoisotopic (exact) mass is 346 g/mol. The summed E-state index contributed by atoms with van der Waals surface area (Å²) in [6, 6.07) is 11.3. The molecule has 0 radical (unpaired) electrons. The van der Waals surface area contributed by atoms with E-state index in [4.69, 9.17) is 11.6 Å². The third-order valence-corrected chi connectivity index (χ3v) is 3.73. The second kappa shape index (κ2) is 9.25. The van der Waals surface area contributed by atoms with E-state index in [1.165, 1.54) is 0 Å². The highest BCUT2D eigenvalue weighted by Crippen LogP contribution is 2.12. The lowest BCUT2D eigenvalue weighted by atomic mass is 10.2. The number of nitrogens with one attached hydrogen (secondary N) is 2. The molecule has 1 heterocycles. The van der Waals surface area contributed by atoms with E-state index in [2.05, 4.69) is 20.5 Å². The van der Waals surface area contributed by atoms with Crippen LogP contribution in [-0.2, 0) is 6.54 Å². The van der Waals surface area contributed by atoms with Gasteiger partial charge in [0.25, 0.3) is 5.91 Å². The van der Waals surface area contributed by atoms with Crippen LogP contribution in [0, 0.1) is 0 Å². The first-order valence-electron chi connectivity index (χ1n) is 7.92. The van der Waals surface area contributed by atoms with Crippen molar-refractivity contribution in [3.8, 4) is 0 Å². The molecular formula is C18H23ClN4O. The SMILES string of the molecule is CN(C)CCCNC(=O)c1ccc(NCc2ccc(Cl)cc2)cn1. The van der Waals surface area contributed by atoms with Crippen molar-refractivity contribution >= 4 is 23.2 Å². The van der Waals surface area contributed by atoms with E-state index in [-0.39, 0.29) is 5.91 Å². The molecule has 1 amide bonds. The van der Waals surface area contributed by atoms with E-state index in [0.29, 0.717) is 18.8 Å². The molecule has 24 heavy (non-hydrogen) atoms. The second-order valence-corrected chi connectivity index (χ2v) is 6.26. The number of hydrogen-bond acceptors (Lipinski definition) is 4. The van der Waals surface area contributed by atoms with Gasteiger partial charge in [-0.25, -0.2) is 4.98 Å². The molecule has 1 aromatic carbocycles. The minimum atomic E-state index is -0.141. The second-order valence-electron chi connectivity index (χ2n) is 5.82. The van der Waals surface area contributed by atoms with Gasteiger partial charge in [0.05, 0.1) is 11.9 Å². The molecule has 0 aliphatic heterocycles. The zero-order valence-corrected chi connectivity index (χ0v) is 14.8. The van der Waals surface area contributed by atoms with Crippen molar-refractivity contribution in [2.24, 2.45) is 0 Å². The maximum Gasteiger partial charge on any atom is 0.269 e. The normalized spacial score (nSPS) is 10.7. The average Bonchev–Trinajstić information content (AvgIpc) is 2.58. The molecule has 0 spiro atoms. The Labute approximate surface area is 148 Å². The summed E-state index contributed by atoms with van der Waals surface area (Å²) in [6.07, 6.45) is 2.59. The van der Waals surface area contributed by atoms with Crippen LogP contribution in [0.2, 0.25) is 5.02 Å². The molecule has 0 saturated heterocycles. The highest BCUT2D eigenvalue weighted by Gasteiger charge is 2.06. The van der Waals surface area contributed by atoms with Crippen LogP contribution in [0.5, 0.6) is 0 Å². The maximum atomic E-state index is 12.0. The summed E-state index contributed by atoms with van der Waals surface area (Å²) in [6.45, 7) is 2.27. The molecule has 0 fully saturated rings. The first-order chi connectivity index (χ1) is 11.5. The van der Waals surface area contributed by atoms with Crippen LogP contribution in [0.25, 0.3) is 0 Å². The van der Waals surface area contributed by atoms with E-state index >= 15 is 0 Å². The first kappa shape index (κ1) is 18.2.